The van der Waals surface area contributed by atoms with Crippen LogP contribution in [0.15, 0.2) is 60.7 Å². The molecule has 2 aromatic carbocycles. The molecule has 0 unspecified atom stereocenters. The molecule has 2 amide bonds. The van der Waals surface area contributed by atoms with Crippen molar-refractivity contribution in [3.05, 3.63) is 66.2 Å². The number of nitrogens with zero attached hydrogens (tertiary/aromatic N) is 1. The molecule has 1 aliphatic rings. The maximum Gasteiger partial charge on any atom is 0.573 e. The van der Waals surface area contributed by atoms with Gasteiger partial charge in [0.15, 0.2) is 0 Å². The van der Waals surface area contributed by atoms with Crippen LogP contribution in [-0.4, -0.2) is 18.2 Å². The van der Waals surface area contributed by atoms with Crippen LogP contribution in [0.4, 0.5) is 18.9 Å². The van der Waals surface area contributed by atoms with Gasteiger partial charge in [-0.25, -0.2) is 4.90 Å². The number of carbonyl (C=O) groups excluding carboxylic acids is 2. The molecule has 0 saturated carbocycles. The Morgan fingerprint density at radius 1 is 0.917 bits per heavy atom. The molecule has 0 aromatic heterocycles. The van der Waals surface area contributed by atoms with Crippen molar-refractivity contribution in [2.75, 3.05) is 4.90 Å². The number of hydrogen-bond acceptors (Lipinski definition) is 3. The highest BCUT2D eigenvalue weighted by molar-refractivity contribution is 6.43. The largest absolute Gasteiger partial charge is 0.573 e. The first kappa shape index (κ1) is 15.8. The summed E-state index contributed by atoms with van der Waals surface area (Å²) >= 11 is 0. The number of halogens is 3. The third kappa shape index (κ3) is 3.15. The fraction of sp³-hybridized carbons (Fsp3) is 0.0588. The molecule has 1 heterocycles. The molecule has 0 spiro atoms. The summed E-state index contributed by atoms with van der Waals surface area (Å²) in [5.74, 6) is -1.73. The summed E-state index contributed by atoms with van der Waals surface area (Å²) in [6.45, 7) is 0. The molecule has 0 bridgehead atoms. The van der Waals surface area contributed by atoms with Gasteiger partial charge in [-0.3, -0.25) is 9.59 Å². The van der Waals surface area contributed by atoms with E-state index in [-0.39, 0.29) is 11.3 Å². The van der Waals surface area contributed by atoms with Gasteiger partial charge in [0.05, 0.1) is 11.3 Å². The minimum absolute atomic E-state index is 0.00827. The van der Waals surface area contributed by atoms with Crippen molar-refractivity contribution < 1.29 is 27.5 Å². The number of benzene rings is 2. The Morgan fingerprint density at radius 3 is 2.29 bits per heavy atom. The molecule has 0 radical (unpaired) electrons. The molecule has 0 aliphatic carbocycles. The van der Waals surface area contributed by atoms with Crippen LogP contribution in [0.25, 0.3) is 5.57 Å². The monoisotopic (exact) mass is 333 g/mol. The molecular weight excluding hydrogens is 323 g/mol. The number of ether oxygens (including phenoxy) is 1. The van der Waals surface area contributed by atoms with Gasteiger partial charge in [0.2, 0.25) is 0 Å². The number of alkyl halides is 3. The lowest BCUT2D eigenvalue weighted by atomic mass is 10.1. The van der Waals surface area contributed by atoms with Gasteiger partial charge >= 0.3 is 6.36 Å². The maximum absolute atomic E-state index is 12.5. The van der Waals surface area contributed by atoms with Crippen LogP contribution in [0.3, 0.4) is 0 Å². The highest BCUT2D eigenvalue weighted by Crippen LogP contribution is 2.31. The first-order chi connectivity index (χ1) is 11.3. The van der Waals surface area contributed by atoms with Crippen molar-refractivity contribution >= 4 is 23.1 Å². The van der Waals surface area contributed by atoms with E-state index in [1.54, 1.807) is 30.3 Å². The molecule has 122 valence electrons. The summed E-state index contributed by atoms with van der Waals surface area (Å²) in [6, 6.07) is 13.3. The van der Waals surface area contributed by atoms with E-state index in [1.165, 1.54) is 12.1 Å². The third-order valence-corrected chi connectivity index (χ3v) is 3.32. The minimum atomic E-state index is -4.86. The van der Waals surface area contributed by atoms with E-state index in [9.17, 15) is 22.8 Å². The molecule has 0 saturated heterocycles. The van der Waals surface area contributed by atoms with E-state index in [4.69, 9.17) is 0 Å². The molecule has 0 fully saturated rings. The fourth-order valence-electron chi connectivity index (χ4n) is 2.36. The zero-order chi connectivity index (χ0) is 17.3. The lowest BCUT2D eigenvalue weighted by molar-refractivity contribution is -0.274. The van der Waals surface area contributed by atoms with Gasteiger partial charge in [0.1, 0.15) is 5.75 Å². The highest BCUT2D eigenvalue weighted by atomic mass is 19.4. The van der Waals surface area contributed by atoms with Crippen LogP contribution in [0.5, 0.6) is 5.75 Å². The Balaban J connectivity index is 1.91. The van der Waals surface area contributed by atoms with Gasteiger partial charge in [-0.15, -0.1) is 13.2 Å². The highest BCUT2D eigenvalue weighted by Gasteiger charge is 2.34. The van der Waals surface area contributed by atoms with Gasteiger partial charge in [-0.05, 0) is 17.7 Å². The number of rotatable bonds is 3. The molecule has 0 atom stereocenters. The predicted octanol–water partition coefficient (Wildman–Crippen LogP) is 3.54. The topological polar surface area (TPSA) is 46.6 Å². The zero-order valence-corrected chi connectivity index (χ0v) is 12.1. The molecule has 24 heavy (non-hydrogen) atoms. The van der Waals surface area contributed by atoms with Gasteiger partial charge in [0, 0.05) is 12.1 Å². The van der Waals surface area contributed by atoms with E-state index < -0.39 is 23.9 Å². The Bertz CT molecular complexity index is 828. The zero-order valence-electron chi connectivity index (χ0n) is 12.1. The van der Waals surface area contributed by atoms with Crippen molar-refractivity contribution in [1.82, 2.24) is 0 Å². The van der Waals surface area contributed by atoms with E-state index >= 15 is 0 Å². The minimum Gasteiger partial charge on any atom is -0.406 e. The lowest BCUT2D eigenvalue weighted by Gasteiger charge is -2.16. The summed E-state index contributed by atoms with van der Waals surface area (Å²) in [4.78, 5) is 25.4. The summed E-state index contributed by atoms with van der Waals surface area (Å²) in [5.41, 5.74) is 0.748. The first-order valence-corrected chi connectivity index (χ1v) is 6.86. The number of amides is 2. The van der Waals surface area contributed by atoms with E-state index in [0.717, 1.165) is 23.1 Å². The van der Waals surface area contributed by atoms with Gasteiger partial charge in [-0.2, -0.15) is 0 Å². The Hall–Kier alpha value is -3.09. The lowest BCUT2D eigenvalue weighted by Crippen LogP contribution is -2.30. The second-order valence-corrected chi connectivity index (χ2v) is 4.95. The molecule has 7 heteroatoms. The Labute approximate surface area is 134 Å². The van der Waals surface area contributed by atoms with Crippen LogP contribution in [0.1, 0.15) is 5.56 Å². The van der Waals surface area contributed by atoms with E-state index in [1.807, 2.05) is 0 Å². The predicted molar refractivity (Wildman–Crippen MR) is 80.0 cm³/mol. The van der Waals surface area contributed by atoms with Crippen LogP contribution < -0.4 is 9.64 Å². The maximum atomic E-state index is 12.5. The smallest absolute Gasteiger partial charge is 0.406 e. The van der Waals surface area contributed by atoms with E-state index in [0.29, 0.717) is 5.56 Å². The summed E-state index contributed by atoms with van der Waals surface area (Å²) < 4.78 is 40.7. The molecule has 3 rings (SSSR count). The standard InChI is InChI=1S/C17H10F3NO3/c18-17(19,20)24-13-8-4-7-12(9-13)21-15(22)10-14(16(21)23)11-5-2-1-3-6-11/h1-10H. The summed E-state index contributed by atoms with van der Waals surface area (Å²) in [5, 5.41) is 0. The normalized spacial score (nSPS) is 14.8. The molecule has 2 aromatic rings. The van der Waals surface area contributed by atoms with Gasteiger partial charge in [-0.1, -0.05) is 36.4 Å². The average molecular weight is 333 g/mol. The molecular formula is C17H10F3NO3. The fourth-order valence-corrected chi connectivity index (χ4v) is 2.36. The van der Waals surface area contributed by atoms with Gasteiger partial charge in [0.25, 0.3) is 11.8 Å². The van der Waals surface area contributed by atoms with Crippen molar-refractivity contribution in [3.63, 3.8) is 0 Å². The molecule has 4 nitrogen and oxygen atoms in total. The quantitative estimate of drug-likeness (QED) is 0.807. The number of carbonyl (C=O) groups is 2. The average Bonchev–Trinajstić information content (AvgIpc) is 2.81. The Kier molecular flexibility index (Phi) is 3.84. The molecule has 0 N–H and O–H groups in total. The number of anilines is 1. The SMILES string of the molecule is O=C1C=C(c2ccccc2)C(=O)N1c1cccc(OC(F)(F)F)c1. The van der Waals surface area contributed by atoms with E-state index in [2.05, 4.69) is 4.74 Å². The third-order valence-electron chi connectivity index (χ3n) is 3.32. The first-order valence-electron chi connectivity index (χ1n) is 6.86. The van der Waals surface area contributed by atoms with Crippen molar-refractivity contribution in [3.8, 4) is 5.75 Å². The summed E-state index contributed by atoms with van der Waals surface area (Å²) in [6.07, 6.45) is -3.69. The second kappa shape index (κ2) is 5.84. The van der Waals surface area contributed by atoms with Crippen LogP contribution >= 0.6 is 0 Å². The van der Waals surface area contributed by atoms with Crippen molar-refractivity contribution in [2.45, 2.75) is 6.36 Å². The van der Waals surface area contributed by atoms with Crippen LogP contribution in [0.2, 0.25) is 0 Å². The number of imide groups is 1. The van der Waals surface area contributed by atoms with Crippen LogP contribution in [0, 0.1) is 0 Å². The molecule has 1 aliphatic heterocycles. The Morgan fingerprint density at radius 2 is 1.62 bits per heavy atom. The van der Waals surface area contributed by atoms with Crippen molar-refractivity contribution in [2.24, 2.45) is 0 Å². The summed E-state index contributed by atoms with van der Waals surface area (Å²) in [7, 11) is 0. The van der Waals surface area contributed by atoms with Gasteiger partial charge < -0.3 is 4.74 Å². The second-order valence-electron chi connectivity index (χ2n) is 4.95. The number of hydrogen-bond donors (Lipinski definition) is 0. The van der Waals surface area contributed by atoms with Crippen molar-refractivity contribution in [1.29, 1.82) is 0 Å². The van der Waals surface area contributed by atoms with Crippen LogP contribution in [-0.2, 0) is 9.59 Å².